The van der Waals surface area contributed by atoms with Crippen molar-refractivity contribution in [1.82, 2.24) is 10.0 Å². The van der Waals surface area contributed by atoms with Crippen molar-refractivity contribution >= 4 is 45.2 Å². The number of benzene rings is 2. The fraction of sp³-hybridized carbons (Fsp3) is 0.318. The maximum atomic E-state index is 12.4. The van der Waals surface area contributed by atoms with Crippen LogP contribution in [0.25, 0.3) is 6.08 Å². The zero-order valence-electron chi connectivity index (χ0n) is 16.4. The molecule has 8 heteroatoms. The molecule has 2 aromatic carbocycles. The molecule has 160 valence electrons. The van der Waals surface area contributed by atoms with Crippen LogP contribution in [0, 0.1) is 0 Å². The quantitative estimate of drug-likeness (QED) is 0.558. The van der Waals surface area contributed by atoms with Crippen LogP contribution in [0.15, 0.2) is 53.4 Å². The summed E-state index contributed by atoms with van der Waals surface area (Å²) in [5, 5.41) is 3.81. The molecule has 1 saturated carbocycles. The molecule has 5 nitrogen and oxygen atoms in total. The maximum Gasteiger partial charge on any atom is 0.244 e. The molecule has 1 aliphatic carbocycles. The smallest absolute Gasteiger partial charge is 0.244 e. The summed E-state index contributed by atoms with van der Waals surface area (Å²) in [5.74, 6) is -0.235. The number of amides is 1. The van der Waals surface area contributed by atoms with Crippen LogP contribution < -0.4 is 10.0 Å². The summed E-state index contributed by atoms with van der Waals surface area (Å²) >= 11 is 11.9. The molecular weight excluding hydrogens is 443 g/mol. The van der Waals surface area contributed by atoms with Crippen LogP contribution in [-0.4, -0.2) is 26.9 Å². The molecule has 2 N–H and O–H groups in total. The first kappa shape index (κ1) is 22.8. The predicted octanol–water partition coefficient (Wildman–Crippen LogP) is 4.59. The molecule has 0 aromatic heterocycles. The highest BCUT2D eigenvalue weighted by molar-refractivity contribution is 7.89. The lowest BCUT2D eigenvalue weighted by Crippen LogP contribution is -2.32. The number of hydrogen-bond donors (Lipinski definition) is 2. The Morgan fingerprint density at radius 3 is 2.43 bits per heavy atom. The van der Waals surface area contributed by atoms with Crippen LogP contribution in [0.1, 0.15) is 36.8 Å². The van der Waals surface area contributed by atoms with Crippen molar-refractivity contribution in [2.75, 3.05) is 6.54 Å². The van der Waals surface area contributed by atoms with Crippen LogP contribution in [0.2, 0.25) is 10.0 Å². The Labute approximate surface area is 187 Å². The van der Waals surface area contributed by atoms with Gasteiger partial charge in [0.05, 0.1) is 4.90 Å². The zero-order chi connectivity index (χ0) is 21.6. The Bertz CT molecular complexity index is 1020. The molecule has 2 aromatic rings. The molecular formula is C22H24Cl2N2O3S. The van der Waals surface area contributed by atoms with E-state index in [9.17, 15) is 13.2 Å². The second-order valence-electron chi connectivity index (χ2n) is 7.29. The van der Waals surface area contributed by atoms with Gasteiger partial charge in [0.25, 0.3) is 0 Å². The van der Waals surface area contributed by atoms with Gasteiger partial charge < -0.3 is 5.32 Å². The summed E-state index contributed by atoms with van der Waals surface area (Å²) in [6.45, 7) is 0.434. The highest BCUT2D eigenvalue weighted by atomic mass is 35.5. The third-order valence-electron chi connectivity index (χ3n) is 5.00. The Hall–Kier alpha value is -1.86. The van der Waals surface area contributed by atoms with Crippen molar-refractivity contribution in [3.63, 3.8) is 0 Å². The lowest BCUT2D eigenvalue weighted by molar-refractivity contribution is -0.116. The van der Waals surface area contributed by atoms with E-state index in [4.69, 9.17) is 23.2 Å². The van der Waals surface area contributed by atoms with Crippen LogP contribution in [0.5, 0.6) is 0 Å². The van der Waals surface area contributed by atoms with Gasteiger partial charge in [-0.25, -0.2) is 13.1 Å². The first-order chi connectivity index (χ1) is 14.3. The first-order valence-corrected chi connectivity index (χ1v) is 12.1. The van der Waals surface area contributed by atoms with Crippen LogP contribution in [0.4, 0.5) is 0 Å². The lowest BCUT2D eigenvalue weighted by Gasteiger charge is -2.12. The molecule has 0 spiro atoms. The summed E-state index contributed by atoms with van der Waals surface area (Å²) in [4.78, 5) is 12.2. The van der Waals surface area contributed by atoms with E-state index < -0.39 is 10.0 Å². The Kier molecular flexibility index (Phi) is 7.94. The number of carbonyl (C=O) groups is 1. The van der Waals surface area contributed by atoms with Gasteiger partial charge in [-0.05, 0) is 60.7 Å². The molecule has 0 saturated heterocycles. The van der Waals surface area contributed by atoms with Crippen molar-refractivity contribution in [3.05, 3.63) is 69.7 Å². The van der Waals surface area contributed by atoms with E-state index >= 15 is 0 Å². The normalized spacial score (nSPS) is 15.0. The second kappa shape index (κ2) is 10.4. The summed E-state index contributed by atoms with van der Waals surface area (Å²) in [5.41, 5.74) is 1.65. The number of carbonyl (C=O) groups excluding carboxylic acids is 1. The van der Waals surface area contributed by atoms with Gasteiger partial charge >= 0.3 is 0 Å². The third kappa shape index (κ3) is 6.57. The van der Waals surface area contributed by atoms with E-state index in [2.05, 4.69) is 10.0 Å². The SMILES string of the molecule is O=C(/C=C/c1ccc(Cl)cc1Cl)NCCc1ccc(S(=O)(=O)NC2CCCC2)cc1. The molecule has 1 amide bonds. The Morgan fingerprint density at radius 1 is 1.07 bits per heavy atom. The van der Waals surface area contributed by atoms with Gasteiger partial charge in [-0.1, -0.05) is 54.2 Å². The number of rotatable bonds is 8. The average Bonchev–Trinajstić information content (AvgIpc) is 3.20. The standard InChI is InChI=1S/C22H24Cl2N2O3S/c23-18-9-7-17(21(24)15-18)8-12-22(27)25-14-13-16-5-10-20(11-6-16)30(28,29)26-19-3-1-2-4-19/h5-12,15,19,26H,1-4,13-14H2,(H,25,27)/b12-8+. The fourth-order valence-electron chi connectivity index (χ4n) is 3.36. The van der Waals surface area contributed by atoms with E-state index in [1.165, 1.54) is 6.08 Å². The molecule has 0 unspecified atom stereocenters. The van der Waals surface area contributed by atoms with E-state index in [0.29, 0.717) is 28.6 Å². The van der Waals surface area contributed by atoms with E-state index in [1.807, 2.05) is 0 Å². The van der Waals surface area contributed by atoms with E-state index in [-0.39, 0.29) is 16.8 Å². The summed E-state index contributed by atoms with van der Waals surface area (Å²) in [6.07, 6.45) is 7.58. The summed E-state index contributed by atoms with van der Waals surface area (Å²) < 4.78 is 27.7. The van der Waals surface area contributed by atoms with Crippen molar-refractivity contribution in [2.24, 2.45) is 0 Å². The monoisotopic (exact) mass is 466 g/mol. The minimum Gasteiger partial charge on any atom is -0.352 e. The lowest BCUT2D eigenvalue weighted by atomic mass is 10.1. The number of hydrogen-bond acceptors (Lipinski definition) is 3. The van der Waals surface area contributed by atoms with E-state index in [0.717, 1.165) is 31.2 Å². The number of nitrogens with one attached hydrogen (secondary N) is 2. The van der Waals surface area contributed by atoms with Gasteiger partial charge in [0.2, 0.25) is 15.9 Å². The van der Waals surface area contributed by atoms with Crippen molar-refractivity contribution < 1.29 is 13.2 Å². The molecule has 0 heterocycles. The molecule has 1 aliphatic rings. The zero-order valence-corrected chi connectivity index (χ0v) is 18.7. The number of sulfonamides is 1. The minimum absolute atomic E-state index is 0.0423. The van der Waals surface area contributed by atoms with Gasteiger partial charge in [0.1, 0.15) is 0 Å². The highest BCUT2D eigenvalue weighted by Crippen LogP contribution is 2.22. The van der Waals surface area contributed by atoms with Gasteiger partial charge in [-0.15, -0.1) is 0 Å². The molecule has 3 rings (SSSR count). The van der Waals surface area contributed by atoms with Crippen LogP contribution in [-0.2, 0) is 21.2 Å². The van der Waals surface area contributed by atoms with Crippen LogP contribution >= 0.6 is 23.2 Å². The van der Waals surface area contributed by atoms with E-state index in [1.54, 1.807) is 48.5 Å². The van der Waals surface area contributed by atoms with Gasteiger partial charge in [-0.2, -0.15) is 0 Å². The molecule has 0 radical (unpaired) electrons. The molecule has 0 bridgehead atoms. The largest absolute Gasteiger partial charge is 0.352 e. The Morgan fingerprint density at radius 2 is 1.77 bits per heavy atom. The molecule has 1 fully saturated rings. The predicted molar refractivity (Wildman–Crippen MR) is 121 cm³/mol. The topological polar surface area (TPSA) is 75.3 Å². The minimum atomic E-state index is -3.48. The summed E-state index contributed by atoms with van der Waals surface area (Å²) in [7, 11) is -3.48. The second-order valence-corrected chi connectivity index (χ2v) is 9.84. The number of halogens is 2. The fourth-order valence-corrected chi connectivity index (χ4v) is 5.13. The molecule has 0 atom stereocenters. The molecule has 0 aliphatic heterocycles. The third-order valence-corrected chi connectivity index (χ3v) is 7.10. The average molecular weight is 467 g/mol. The molecule has 30 heavy (non-hydrogen) atoms. The highest BCUT2D eigenvalue weighted by Gasteiger charge is 2.22. The summed E-state index contributed by atoms with van der Waals surface area (Å²) in [6, 6.07) is 11.9. The maximum absolute atomic E-state index is 12.4. The van der Waals surface area contributed by atoms with Crippen molar-refractivity contribution in [1.29, 1.82) is 0 Å². The van der Waals surface area contributed by atoms with Crippen molar-refractivity contribution in [3.8, 4) is 0 Å². The van der Waals surface area contributed by atoms with Crippen molar-refractivity contribution in [2.45, 2.75) is 43.0 Å². The van der Waals surface area contributed by atoms with Crippen LogP contribution in [0.3, 0.4) is 0 Å². The Balaban J connectivity index is 1.47. The van der Waals surface area contributed by atoms with Gasteiger partial charge in [-0.3, -0.25) is 4.79 Å². The first-order valence-electron chi connectivity index (χ1n) is 9.86. The van der Waals surface area contributed by atoms with Gasteiger partial charge in [0.15, 0.2) is 0 Å². The van der Waals surface area contributed by atoms with Gasteiger partial charge in [0, 0.05) is 28.7 Å².